The van der Waals surface area contributed by atoms with Crippen molar-refractivity contribution in [3.05, 3.63) is 54.1 Å². The number of anilines is 2. The molecule has 0 radical (unpaired) electrons. The SMILES string of the molecule is CO[C@@H]1CN(C)C(=O)c2ccc(NC(=O)Nc3ccccc3)cc2OC[C@@H](C)N(C(=O)CC2CC2)C[C@H]1C. The first-order valence-electron chi connectivity index (χ1n) is 13.2. The lowest BCUT2D eigenvalue weighted by Gasteiger charge is -2.36. The molecular weight excluding hydrogens is 484 g/mol. The summed E-state index contributed by atoms with van der Waals surface area (Å²) in [5.74, 6) is 0.771. The average Bonchev–Trinajstić information content (AvgIpc) is 3.72. The van der Waals surface area contributed by atoms with Gasteiger partial charge in [0.05, 0.1) is 17.7 Å². The van der Waals surface area contributed by atoms with Gasteiger partial charge in [0, 0.05) is 57.0 Å². The number of ether oxygens (including phenoxy) is 2. The van der Waals surface area contributed by atoms with Crippen LogP contribution in [0.3, 0.4) is 0 Å². The van der Waals surface area contributed by atoms with Crippen LogP contribution in [0.4, 0.5) is 16.2 Å². The zero-order chi connectivity index (χ0) is 27.2. The Morgan fingerprint density at radius 2 is 1.74 bits per heavy atom. The minimum Gasteiger partial charge on any atom is -0.491 e. The monoisotopic (exact) mass is 522 g/mol. The fourth-order valence-electron chi connectivity index (χ4n) is 4.70. The van der Waals surface area contributed by atoms with Crippen LogP contribution in [0.5, 0.6) is 5.75 Å². The van der Waals surface area contributed by atoms with E-state index in [0.29, 0.717) is 48.1 Å². The molecule has 2 N–H and O–H groups in total. The first-order valence-corrected chi connectivity index (χ1v) is 13.2. The molecule has 3 atom stereocenters. The van der Waals surface area contributed by atoms with Gasteiger partial charge in [0.2, 0.25) is 5.91 Å². The Bertz CT molecular complexity index is 1140. The lowest BCUT2D eigenvalue weighted by Crippen LogP contribution is -2.48. The molecule has 0 unspecified atom stereocenters. The summed E-state index contributed by atoms with van der Waals surface area (Å²) < 4.78 is 11.9. The summed E-state index contributed by atoms with van der Waals surface area (Å²) >= 11 is 0. The van der Waals surface area contributed by atoms with Crippen molar-refractivity contribution in [1.29, 1.82) is 0 Å². The number of carbonyl (C=O) groups is 3. The average molecular weight is 523 g/mol. The molecule has 1 aliphatic heterocycles. The Labute approximate surface area is 224 Å². The third-order valence-corrected chi connectivity index (χ3v) is 7.22. The molecule has 1 heterocycles. The maximum atomic E-state index is 13.4. The summed E-state index contributed by atoms with van der Waals surface area (Å²) in [5.41, 5.74) is 1.53. The van der Waals surface area contributed by atoms with Crippen molar-refractivity contribution < 1.29 is 23.9 Å². The number of amides is 4. The van der Waals surface area contributed by atoms with E-state index in [4.69, 9.17) is 9.47 Å². The Balaban J connectivity index is 1.58. The van der Waals surface area contributed by atoms with Crippen LogP contribution in [0.25, 0.3) is 0 Å². The van der Waals surface area contributed by atoms with Gasteiger partial charge >= 0.3 is 6.03 Å². The highest BCUT2D eigenvalue weighted by Gasteiger charge is 2.33. The predicted octanol–water partition coefficient (Wildman–Crippen LogP) is 4.46. The third-order valence-electron chi connectivity index (χ3n) is 7.22. The van der Waals surface area contributed by atoms with Crippen LogP contribution in [0.1, 0.15) is 43.5 Å². The first-order chi connectivity index (χ1) is 18.2. The van der Waals surface area contributed by atoms with Crippen LogP contribution < -0.4 is 15.4 Å². The van der Waals surface area contributed by atoms with Crippen LogP contribution >= 0.6 is 0 Å². The molecule has 38 heavy (non-hydrogen) atoms. The lowest BCUT2D eigenvalue weighted by atomic mass is 10.0. The van der Waals surface area contributed by atoms with E-state index in [0.717, 1.165) is 12.8 Å². The molecule has 0 saturated heterocycles. The third kappa shape index (κ3) is 7.04. The van der Waals surface area contributed by atoms with Crippen LogP contribution in [-0.2, 0) is 9.53 Å². The van der Waals surface area contributed by atoms with Crippen molar-refractivity contribution in [3.63, 3.8) is 0 Å². The molecule has 1 aliphatic carbocycles. The van der Waals surface area contributed by atoms with Crippen molar-refractivity contribution >= 4 is 29.2 Å². The number of rotatable bonds is 5. The van der Waals surface area contributed by atoms with Crippen molar-refractivity contribution in [1.82, 2.24) is 9.80 Å². The number of methoxy groups -OCH3 is 1. The summed E-state index contributed by atoms with van der Waals surface area (Å²) in [5, 5.41) is 5.58. The number of para-hydroxylation sites is 1. The Hall–Kier alpha value is -3.59. The van der Waals surface area contributed by atoms with Crippen molar-refractivity contribution in [2.24, 2.45) is 11.8 Å². The number of carbonyl (C=O) groups excluding carboxylic acids is 3. The van der Waals surface area contributed by atoms with Crippen molar-refractivity contribution in [3.8, 4) is 5.75 Å². The van der Waals surface area contributed by atoms with E-state index < -0.39 is 6.03 Å². The van der Waals surface area contributed by atoms with E-state index in [2.05, 4.69) is 17.6 Å². The van der Waals surface area contributed by atoms with Gasteiger partial charge in [0.1, 0.15) is 12.4 Å². The number of hydrogen-bond acceptors (Lipinski definition) is 5. The molecule has 2 aromatic rings. The Morgan fingerprint density at radius 3 is 2.42 bits per heavy atom. The molecule has 204 valence electrons. The zero-order valence-corrected chi connectivity index (χ0v) is 22.6. The molecule has 0 aromatic heterocycles. The number of nitrogens with one attached hydrogen (secondary N) is 2. The van der Waals surface area contributed by atoms with E-state index in [-0.39, 0.29) is 36.5 Å². The summed E-state index contributed by atoms with van der Waals surface area (Å²) in [6, 6.07) is 13.5. The van der Waals surface area contributed by atoms with Crippen LogP contribution in [-0.4, -0.2) is 73.6 Å². The van der Waals surface area contributed by atoms with Crippen LogP contribution in [0.2, 0.25) is 0 Å². The Kier molecular flexibility index (Phi) is 8.89. The molecule has 9 nitrogen and oxygen atoms in total. The molecule has 9 heteroatoms. The molecule has 4 rings (SSSR count). The molecule has 1 saturated carbocycles. The molecule has 2 aromatic carbocycles. The number of benzene rings is 2. The number of hydrogen-bond donors (Lipinski definition) is 2. The number of likely N-dealkylation sites (N-methyl/N-ethyl adjacent to an activating group) is 1. The number of nitrogens with zero attached hydrogens (tertiary/aromatic N) is 2. The van der Waals surface area contributed by atoms with Gasteiger partial charge in [-0.2, -0.15) is 0 Å². The highest BCUT2D eigenvalue weighted by Crippen LogP contribution is 2.33. The smallest absolute Gasteiger partial charge is 0.323 e. The van der Waals surface area contributed by atoms with Crippen molar-refractivity contribution in [2.75, 3.05) is 44.5 Å². The topological polar surface area (TPSA) is 100 Å². The van der Waals surface area contributed by atoms with Gasteiger partial charge in [0.15, 0.2) is 0 Å². The molecule has 1 fully saturated rings. The summed E-state index contributed by atoms with van der Waals surface area (Å²) in [7, 11) is 3.37. The van der Waals surface area contributed by atoms with Gasteiger partial charge in [-0.25, -0.2) is 4.79 Å². The second-order valence-corrected chi connectivity index (χ2v) is 10.4. The highest BCUT2D eigenvalue weighted by molar-refractivity contribution is 6.01. The Morgan fingerprint density at radius 1 is 1.03 bits per heavy atom. The van der Waals surface area contributed by atoms with Gasteiger partial charge in [-0.3, -0.25) is 9.59 Å². The lowest BCUT2D eigenvalue weighted by molar-refractivity contribution is -0.135. The van der Waals surface area contributed by atoms with Crippen LogP contribution in [0.15, 0.2) is 48.5 Å². The largest absolute Gasteiger partial charge is 0.491 e. The van der Waals surface area contributed by atoms with E-state index in [1.807, 2.05) is 30.0 Å². The summed E-state index contributed by atoms with van der Waals surface area (Å²) in [6.45, 7) is 5.12. The highest BCUT2D eigenvalue weighted by atomic mass is 16.5. The van der Waals surface area contributed by atoms with Gasteiger partial charge < -0.3 is 29.9 Å². The molecule has 4 amide bonds. The van der Waals surface area contributed by atoms with Gasteiger partial charge in [-0.05, 0) is 49.9 Å². The van der Waals surface area contributed by atoms with Gasteiger partial charge in [0.25, 0.3) is 5.91 Å². The predicted molar refractivity (Wildman–Crippen MR) is 146 cm³/mol. The fraction of sp³-hybridized carbons (Fsp3) is 0.483. The first kappa shape index (κ1) is 27.4. The van der Waals surface area contributed by atoms with Gasteiger partial charge in [-0.15, -0.1) is 0 Å². The quantitative estimate of drug-likeness (QED) is 0.604. The molecular formula is C29H38N4O5. The van der Waals surface area contributed by atoms with E-state index in [1.165, 1.54) is 0 Å². The molecule has 0 spiro atoms. The maximum Gasteiger partial charge on any atom is 0.323 e. The van der Waals surface area contributed by atoms with E-state index in [1.54, 1.807) is 49.4 Å². The van der Waals surface area contributed by atoms with Crippen LogP contribution in [0, 0.1) is 11.8 Å². The minimum absolute atomic E-state index is 0.0226. The number of urea groups is 1. The van der Waals surface area contributed by atoms with Crippen molar-refractivity contribution in [2.45, 2.75) is 45.3 Å². The second-order valence-electron chi connectivity index (χ2n) is 10.4. The standard InChI is InChI=1S/C29H38N4O5/c1-19-16-33(27(34)14-21-10-11-21)20(2)18-38-25-15-23(31-29(36)30-22-8-6-5-7-9-22)12-13-24(25)28(35)32(3)17-26(19)37-4/h5-9,12-13,15,19-21,26H,10-11,14,16-18H2,1-4H3,(H2,30,31,36)/t19-,20-,26-/m1/s1. The van der Waals surface area contributed by atoms with E-state index >= 15 is 0 Å². The zero-order valence-electron chi connectivity index (χ0n) is 22.6. The van der Waals surface area contributed by atoms with Gasteiger partial charge in [-0.1, -0.05) is 25.1 Å². The maximum absolute atomic E-state index is 13.4. The summed E-state index contributed by atoms with van der Waals surface area (Å²) in [6.07, 6.45) is 2.52. The van der Waals surface area contributed by atoms with E-state index in [9.17, 15) is 14.4 Å². The second kappa shape index (κ2) is 12.3. The fourth-order valence-corrected chi connectivity index (χ4v) is 4.70. The molecule has 2 aliphatic rings. The minimum atomic E-state index is -0.408. The normalized spacial score (nSPS) is 22.4. The molecule has 0 bridgehead atoms. The summed E-state index contributed by atoms with van der Waals surface area (Å²) in [4.78, 5) is 42.7. The number of fused-ring (bicyclic) bond motifs is 1.